The maximum Gasteiger partial charge on any atom is 0.333 e. The van der Waals surface area contributed by atoms with Crippen molar-refractivity contribution in [2.24, 2.45) is 29.6 Å². The van der Waals surface area contributed by atoms with Gasteiger partial charge in [-0.15, -0.1) is 0 Å². The van der Waals surface area contributed by atoms with Crippen LogP contribution in [0.4, 0.5) is 28.4 Å². The molecule has 19 rings (SSSR count). The summed E-state index contributed by atoms with van der Waals surface area (Å²) in [6.07, 6.45) is 16.3. The van der Waals surface area contributed by atoms with E-state index in [0.717, 1.165) is 86.6 Å². The molecular weight excluding hydrogens is 974 g/mol. The van der Waals surface area contributed by atoms with Gasteiger partial charge in [0.2, 0.25) is 0 Å². The molecule has 0 N–H and O–H groups in total. The number of para-hydroxylation sites is 4. The fourth-order valence-corrected chi connectivity index (χ4v) is 18.5. The standard InChI is InChI=1S/C74H64BN3O2/c1-2-73(41-46-22-23-47(30-46)42-73)53-26-29-64-59(34-53)62-35-54(74-43-48-31-49(44-74)33-50(32-48)45-74)36-63-72(62)77(64)66-38-58(76(55-16-8-4-9-17-55)56-18-10-5-11-19-56)37-61-60-39-69-70(80-68-21-13-12-20-67(68)79-69)40-65(60)78(75(63)71(61)66)57-27-24-52(25-28-57)51-14-6-3-7-15-51/h3-21,24-29,34-40,46-50H,2,22-23,30-33,41-45H2,1H3. The summed E-state index contributed by atoms with van der Waals surface area (Å²) in [7, 11) is 0. The molecule has 0 amide bonds. The molecule has 3 aliphatic heterocycles. The van der Waals surface area contributed by atoms with Crippen molar-refractivity contribution >= 4 is 68.0 Å². The SMILES string of the molecule is CCC1(c2ccc3c(c2)c2cc(C45CC6CC(CC(C6)C4)C5)cc4c2n3-c2cc(N(c3ccccc3)c3ccccc3)cc3c2B4N(c2ccc(-c4ccccc4)cc2)c2cc4c(cc2-3)Oc2ccccc2O4)CC2CCC(C2)C1. The van der Waals surface area contributed by atoms with Gasteiger partial charge in [-0.25, -0.2) is 0 Å². The van der Waals surface area contributed by atoms with Crippen molar-refractivity contribution in [1.82, 2.24) is 4.57 Å². The van der Waals surface area contributed by atoms with Gasteiger partial charge >= 0.3 is 6.85 Å². The predicted octanol–water partition coefficient (Wildman–Crippen LogP) is 18.4. The first kappa shape index (κ1) is 45.9. The monoisotopic (exact) mass is 1040 g/mol. The van der Waals surface area contributed by atoms with Crippen molar-refractivity contribution in [3.63, 3.8) is 0 Å². The van der Waals surface area contributed by atoms with Crippen LogP contribution in [0.1, 0.15) is 95.1 Å². The average molecular weight is 1040 g/mol. The molecule has 6 aliphatic carbocycles. The maximum absolute atomic E-state index is 6.92. The number of hydrogen-bond acceptors (Lipinski definition) is 4. The van der Waals surface area contributed by atoms with E-state index >= 15 is 0 Å². The van der Waals surface area contributed by atoms with Crippen LogP contribution < -0.4 is 30.1 Å². The first-order chi connectivity index (χ1) is 39.4. The number of anilines is 5. The molecule has 6 saturated carbocycles. The van der Waals surface area contributed by atoms with Crippen LogP contribution in [-0.2, 0) is 10.8 Å². The number of nitrogens with zero attached hydrogens (tertiary/aromatic N) is 3. The normalized spacial score (nSPS) is 24.9. The minimum Gasteiger partial charge on any atom is -0.449 e. The Labute approximate surface area is 469 Å². The van der Waals surface area contributed by atoms with E-state index in [1.165, 1.54) is 132 Å². The van der Waals surface area contributed by atoms with Gasteiger partial charge < -0.3 is 23.8 Å². The van der Waals surface area contributed by atoms with Gasteiger partial charge in [-0.1, -0.05) is 123 Å². The molecule has 80 heavy (non-hydrogen) atoms. The first-order valence-electron chi connectivity index (χ1n) is 30.2. The van der Waals surface area contributed by atoms with E-state index in [0.29, 0.717) is 0 Å². The van der Waals surface area contributed by atoms with E-state index < -0.39 is 0 Å². The van der Waals surface area contributed by atoms with Gasteiger partial charge in [-0.2, -0.15) is 0 Å². The average Bonchev–Trinajstić information content (AvgIpc) is 4.21. The zero-order valence-corrected chi connectivity index (χ0v) is 45.6. The quantitative estimate of drug-likeness (QED) is 0.142. The Balaban J connectivity index is 0.959. The van der Waals surface area contributed by atoms with Crippen LogP contribution >= 0.6 is 0 Å². The Morgan fingerprint density at radius 1 is 0.487 bits per heavy atom. The van der Waals surface area contributed by atoms with E-state index in [1.807, 2.05) is 24.3 Å². The summed E-state index contributed by atoms with van der Waals surface area (Å²) in [5, 5.41) is 2.85. The van der Waals surface area contributed by atoms with Gasteiger partial charge in [0.25, 0.3) is 0 Å². The second-order valence-electron chi connectivity index (χ2n) is 25.9. The number of fused-ring (bicyclic) bond motifs is 11. The minimum atomic E-state index is -0.163. The number of benzene rings is 9. The zero-order chi connectivity index (χ0) is 52.4. The third-order valence-electron chi connectivity index (χ3n) is 21.5. The van der Waals surface area contributed by atoms with Gasteiger partial charge in [0.15, 0.2) is 23.0 Å². The van der Waals surface area contributed by atoms with Crippen molar-refractivity contribution in [3.05, 3.63) is 205 Å². The molecule has 2 atom stereocenters. The van der Waals surface area contributed by atoms with Crippen molar-refractivity contribution < 1.29 is 9.47 Å². The number of aromatic nitrogens is 1. The largest absolute Gasteiger partial charge is 0.449 e. The third kappa shape index (κ3) is 6.71. The number of ether oxygens (including phenoxy) is 2. The van der Waals surface area contributed by atoms with Gasteiger partial charge in [-0.3, -0.25) is 0 Å². The lowest BCUT2D eigenvalue weighted by molar-refractivity contribution is -0.00509. The fraction of sp³-hybridized carbons (Fsp3) is 0.270. The van der Waals surface area contributed by atoms with Crippen LogP contribution in [0.5, 0.6) is 23.0 Å². The van der Waals surface area contributed by atoms with E-state index in [4.69, 9.17) is 9.47 Å². The Morgan fingerprint density at radius 2 is 1.07 bits per heavy atom. The Morgan fingerprint density at radius 3 is 1.73 bits per heavy atom. The van der Waals surface area contributed by atoms with Crippen molar-refractivity contribution in [2.45, 2.75) is 94.8 Å². The second-order valence-corrected chi connectivity index (χ2v) is 25.9. The lowest BCUT2D eigenvalue weighted by Gasteiger charge is -2.57. The summed E-state index contributed by atoms with van der Waals surface area (Å²) in [6, 6.07) is 73.3. The molecule has 0 spiro atoms. The molecular formula is C74H64BN3O2. The summed E-state index contributed by atoms with van der Waals surface area (Å²) >= 11 is 0. The van der Waals surface area contributed by atoms with Gasteiger partial charge in [0, 0.05) is 56.5 Å². The van der Waals surface area contributed by atoms with Crippen LogP contribution in [0.15, 0.2) is 194 Å². The molecule has 9 aromatic carbocycles. The summed E-state index contributed by atoms with van der Waals surface area (Å²) in [5.41, 5.74) is 20.6. The van der Waals surface area contributed by atoms with Gasteiger partial charge in [0.05, 0.1) is 11.0 Å². The van der Waals surface area contributed by atoms with E-state index in [-0.39, 0.29) is 17.7 Å². The number of rotatable bonds is 8. The van der Waals surface area contributed by atoms with Crippen LogP contribution in [0, 0.1) is 29.6 Å². The van der Waals surface area contributed by atoms with Crippen molar-refractivity contribution in [3.8, 4) is 50.9 Å². The first-order valence-corrected chi connectivity index (χ1v) is 30.2. The molecule has 6 heteroatoms. The van der Waals surface area contributed by atoms with Crippen LogP contribution in [0.3, 0.4) is 0 Å². The lowest BCUT2D eigenvalue weighted by atomic mass is 9.42. The summed E-state index contributed by atoms with van der Waals surface area (Å²) in [6.45, 7) is 2.33. The van der Waals surface area contributed by atoms with Crippen molar-refractivity contribution in [1.29, 1.82) is 0 Å². The zero-order valence-electron chi connectivity index (χ0n) is 45.6. The highest BCUT2D eigenvalue weighted by molar-refractivity contribution is 6.93. The minimum absolute atomic E-state index is 0.163. The van der Waals surface area contributed by atoms with Crippen LogP contribution in [-0.4, -0.2) is 11.4 Å². The van der Waals surface area contributed by atoms with Gasteiger partial charge in [0.1, 0.15) is 0 Å². The third-order valence-corrected chi connectivity index (χ3v) is 21.5. The van der Waals surface area contributed by atoms with Crippen LogP contribution in [0.25, 0.3) is 49.7 Å². The highest BCUT2D eigenvalue weighted by Crippen LogP contribution is 2.62. The highest BCUT2D eigenvalue weighted by Gasteiger charge is 2.53. The maximum atomic E-state index is 6.92. The predicted molar refractivity (Wildman–Crippen MR) is 328 cm³/mol. The molecule has 0 saturated heterocycles. The molecule has 6 fully saturated rings. The lowest BCUT2D eigenvalue weighted by Crippen LogP contribution is -2.61. The van der Waals surface area contributed by atoms with E-state index in [1.54, 1.807) is 11.1 Å². The molecule has 0 radical (unpaired) electrons. The molecule has 10 aromatic rings. The molecule has 2 unspecified atom stereocenters. The molecule has 390 valence electrons. The summed E-state index contributed by atoms with van der Waals surface area (Å²) < 4.78 is 16.5. The Kier molecular flexibility index (Phi) is 9.77. The topological polar surface area (TPSA) is 29.9 Å². The van der Waals surface area contributed by atoms with Crippen LogP contribution in [0.2, 0.25) is 0 Å². The smallest absolute Gasteiger partial charge is 0.333 e. The molecule has 9 aliphatic rings. The van der Waals surface area contributed by atoms with E-state index in [2.05, 4.69) is 191 Å². The fourth-order valence-electron chi connectivity index (χ4n) is 18.5. The molecule has 6 bridgehead atoms. The summed E-state index contributed by atoms with van der Waals surface area (Å²) in [4.78, 5) is 5.16. The molecule has 1 aromatic heterocycles. The molecule has 4 heterocycles. The summed E-state index contributed by atoms with van der Waals surface area (Å²) in [5.74, 6) is 7.10. The Bertz CT molecular complexity index is 4080. The van der Waals surface area contributed by atoms with Gasteiger partial charge in [-0.05, 0) is 228 Å². The Hall–Kier alpha value is -7.96. The van der Waals surface area contributed by atoms with E-state index in [9.17, 15) is 0 Å². The second kappa shape index (κ2) is 17.0. The highest BCUT2D eigenvalue weighted by atomic mass is 16.6. The van der Waals surface area contributed by atoms with Crippen molar-refractivity contribution in [2.75, 3.05) is 9.71 Å². The molecule has 5 nitrogen and oxygen atoms in total. The number of hydrogen-bond donors (Lipinski definition) is 0.